The van der Waals surface area contributed by atoms with Gasteiger partial charge in [-0.2, -0.15) is 5.10 Å². The zero-order valence-corrected chi connectivity index (χ0v) is 22.9. The quantitative estimate of drug-likeness (QED) is 0.405. The van der Waals surface area contributed by atoms with Crippen molar-refractivity contribution >= 4 is 27.5 Å². The van der Waals surface area contributed by atoms with Crippen molar-refractivity contribution in [3.63, 3.8) is 0 Å². The van der Waals surface area contributed by atoms with E-state index in [1.165, 1.54) is 18.4 Å². The third kappa shape index (κ3) is 4.40. The number of aliphatic hydroxyl groups is 1. The van der Waals surface area contributed by atoms with Crippen molar-refractivity contribution in [2.75, 3.05) is 13.2 Å². The number of aryl methyl sites for hydroxylation is 1. The summed E-state index contributed by atoms with van der Waals surface area (Å²) >= 11 is 1.28. The van der Waals surface area contributed by atoms with Crippen molar-refractivity contribution in [2.45, 2.75) is 46.8 Å². The molecule has 1 N–H and O–H groups in total. The maximum atomic E-state index is 13.8. The Bertz CT molecular complexity index is 1650. The van der Waals surface area contributed by atoms with Crippen molar-refractivity contribution in [3.8, 4) is 5.69 Å². The van der Waals surface area contributed by atoms with Gasteiger partial charge in [0.1, 0.15) is 17.5 Å². The molecule has 0 aliphatic carbocycles. The lowest BCUT2D eigenvalue weighted by Crippen LogP contribution is -2.39. The molecule has 11 heteroatoms. The minimum Gasteiger partial charge on any atom is -0.389 e. The number of β-amino-alcohol motifs (C(OH)–C–C–N with tert-alkyl or cyclic N) is 1. The Morgan fingerprint density at radius 1 is 1.21 bits per heavy atom. The Morgan fingerprint density at radius 2 is 1.92 bits per heavy atom. The molecular weight excluding hydrogens is 506 g/mol. The van der Waals surface area contributed by atoms with Crippen LogP contribution in [0.25, 0.3) is 15.9 Å². The Morgan fingerprint density at radius 3 is 2.55 bits per heavy atom. The van der Waals surface area contributed by atoms with Gasteiger partial charge in [0.05, 0.1) is 28.9 Å². The Hall–Kier alpha value is -3.54. The number of hydroxylamine groups is 2. The first-order valence-corrected chi connectivity index (χ1v) is 13.4. The van der Waals surface area contributed by atoms with Crippen LogP contribution in [0, 0.1) is 19.8 Å². The molecule has 1 saturated heterocycles. The first-order valence-electron chi connectivity index (χ1n) is 12.6. The standard InChI is InChI=1S/C27H31N5O5S/c1-15(2)12-30-26-23(24(34)29(5)27(30)36)22(25(35)31-13-19(33)14-37-31)21(38-26)11-20-16(3)28-32(17(20)4)18-9-7-6-8-10-18/h6-10,15,19,33H,11-14H2,1-5H3/t19-/m0/s1. The Kier molecular flexibility index (Phi) is 6.84. The number of aromatic nitrogens is 4. The van der Waals surface area contributed by atoms with Gasteiger partial charge >= 0.3 is 5.69 Å². The van der Waals surface area contributed by atoms with Crippen molar-refractivity contribution in [1.82, 2.24) is 24.0 Å². The van der Waals surface area contributed by atoms with Crippen LogP contribution in [-0.4, -0.2) is 54.2 Å². The smallest absolute Gasteiger partial charge is 0.331 e. The average molecular weight is 538 g/mol. The van der Waals surface area contributed by atoms with Gasteiger partial charge in [0.2, 0.25) is 0 Å². The number of para-hydroxylation sites is 1. The monoisotopic (exact) mass is 537 g/mol. The molecule has 0 bridgehead atoms. The molecule has 0 radical (unpaired) electrons. The van der Waals surface area contributed by atoms with Gasteiger partial charge in [-0.05, 0) is 31.9 Å². The highest BCUT2D eigenvalue weighted by atomic mass is 32.1. The second-order valence-electron chi connectivity index (χ2n) is 10.1. The zero-order chi connectivity index (χ0) is 27.3. The fourth-order valence-corrected chi connectivity index (χ4v) is 6.20. The molecule has 1 aliphatic heterocycles. The minimum absolute atomic E-state index is 0.00126. The van der Waals surface area contributed by atoms with Gasteiger partial charge in [0.15, 0.2) is 0 Å². The SMILES string of the molecule is Cc1nn(-c2ccccc2)c(C)c1Cc1sc2c(c1C(=O)N1C[C@H](O)CO1)c(=O)n(C)c(=O)n2CC(C)C. The van der Waals surface area contributed by atoms with Crippen molar-refractivity contribution in [3.05, 3.63) is 78.6 Å². The van der Waals surface area contributed by atoms with Crippen LogP contribution >= 0.6 is 11.3 Å². The summed E-state index contributed by atoms with van der Waals surface area (Å²) in [5, 5.41) is 16.0. The van der Waals surface area contributed by atoms with Crippen LogP contribution in [0.4, 0.5) is 0 Å². The van der Waals surface area contributed by atoms with Gasteiger partial charge in [0.25, 0.3) is 11.5 Å². The van der Waals surface area contributed by atoms with Gasteiger partial charge < -0.3 is 5.11 Å². The van der Waals surface area contributed by atoms with E-state index in [1.807, 2.05) is 62.7 Å². The predicted octanol–water partition coefficient (Wildman–Crippen LogP) is 2.56. The maximum absolute atomic E-state index is 13.8. The van der Waals surface area contributed by atoms with Crippen LogP contribution in [0.2, 0.25) is 0 Å². The van der Waals surface area contributed by atoms with E-state index in [4.69, 9.17) is 9.94 Å². The van der Waals surface area contributed by atoms with E-state index in [9.17, 15) is 19.5 Å². The van der Waals surface area contributed by atoms with Crippen molar-refractivity contribution in [2.24, 2.45) is 13.0 Å². The number of hydrogen-bond acceptors (Lipinski definition) is 7. The zero-order valence-electron chi connectivity index (χ0n) is 22.1. The molecule has 1 aromatic carbocycles. The number of fused-ring (bicyclic) bond motifs is 1. The molecule has 0 saturated carbocycles. The largest absolute Gasteiger partial charge is 0.389 e. The highest BCUT2D eigenvalue weighted by Gasteiger charge is 2.33. The third-order valence-corrected chi connectivity index (χ3v) is 8.02. The van der Waals surface area contributed by atoms with Gasteiger partial charge in [-0.1, -0.05) is 32.0 Å². The number of carbonyl (C=O) groups is 1. The van der Waals surface area contributed by atoms with E-state index in [1.54, 1.807) is 4.57 Å². The third-order valence-electron chi connectivity index (χ3n) is 6.81. The summed E-state index contributed by atoms with van der Waals surface area (Å²) in [6, 6.07) is 9.79. The number of carbonyl (C=O) groups excluding carboxylic acids is 1. The van der Waals surface area contributed by atoms with Gasteiger partial charge in [-0.3, -0.25) is 23.6 Å². The fourth-order valence-electron chi connectivity index (χ4n) is 4.90. The molecule has 4 aromatic rings. The summed E-state index contributed by atoms with van der Waals surface area (Å²) in [7, 11) is 1.43. The molecule has 1 aliphatic rings. The lowest BCUT2D eigenvalue weighted by Gasteiger charge is -2.15. The highest BCUT2D eigenvalue weighted by Crippen LogP contribution is 2.34. The molecule has 38 heavy (non-hydrogen) atoms. The minimum atomic E-state index is -0.803. The second kappa shape index (κ2) is 9.97. The van der Waals surface area contributed by atoms with E-state index in [-0.39, 0.29) is 30.0 Å². The summed E-state index contributed by atoms with van der Waals surface area (Å²) < 4.78 is 4.51. The van der Waals surface area contributed by atoms with Crippen LogP contribution in [0.15, 0.2) is 39.9 Å². The normalized spacial score (nSPS) is 15.8. The first kappa shape index (κ1) is 26.1. The predicted molar refractivity (Wildman–Crippen MR) is 145 cm³/mol. The molecule has 0 spiro atoms. The number of amides is 1. The second-order valence-corrected chi connectivity index (χ2v) is 11.2. The lowest BCUT2D eigenvalue weighted by atomic mass is 10.0. The van der Waals surface area contributed by atoms with Crippen LogP contribution in [0.1, 0.15) is 46.0 Å². The Labute approximate surface area is 223 Å². The van der Waals surface area contributed by atoms with Crippen molar-refractivity contribution in [1.29, 1.82) is 0 Å². The summed E-state index contributed by atoms with van der Waals surface area (Å²) in [5.74, 6) is -0.357. The van der Waals surface area contributed by atoms with E-state index in [2.05, 4.69) is 0 Å². The number of thiophene rings is 1. The molecule has 1 atom stereocenters. The number of benzene rings is 1. The van der Waals surface area contributed by atoms with E-state index >= 15 is 0 Å². The Balaban J connectivity index is 1.73. The fraction of sp³-hybridized carbons (Fsp3) is 0.407. The molecule has 3 aromatic heterocycles. The van der Waals surface area contributed by atoms with Crippen molar-refractivity contribution < 1.29 is 14.7 Å². The molecule has 1 fully saturated rings. The summed E-state index contributed by atoms with van der Waals surface area (Å²) in [6.07, 6.45) is -0.455. The van der Waals surface area contributed by atoms with Crippen LogP contribution in [-0.2, 0) is 24.9 Å². The number of hydrogen-bond donors (Lipinski definition) is 1. The van der Waals surface area contributed by atoms with Gasteiger partial charge in [-0.25, -0.2) is 14.5 Å². The number of rotatable bonds is 6. The molecular formula is C27H31N5O5S. The summed E-state index contributed by atoms with van der Waals surface area (Å²) in [4.78, 5) is 46.9. The topological polar surface area (TPSA) is 112 Å². The van der Waals surface area contributed by atoms with Gasteiger partial charge in [-0.15, -0.1) is 11.3 Å². The number of nitrogens with zero attached hydrogens (tertiary/aromatic N) is 5. The molecule has 4 heterocycles. The van der Waals surface area contributed by atoms with Crippen LogP contribution in [0.3, 0.4) is 0 Å². The average Bonchev–Trinajstić information content (AvgIpc) is 3.57. The van der Waals surface area contributed by atoms with E-state index in [0.29, 0.717) is 22.7 Å². The molecule has 5 rings (SSSR count). The van der Waals surface area contributed by atoms with Gasteiger partial charge in [0, 0.05) is 36.1 Å². The van der Waals surface area contributed by atoms with Crippen LogP contribution in [0.5, 0.6) is 0 Å². The lowest BCUT2D eigenvalue weighted by molar-refractivity contribution is -0.0778. The summed E-state index contributed by atoms with van der Waals surface area (Å²) in [6.45, 7) is 8.30. The molecule has 0 unspecified atom stereocenters. The number of aliphatic hydroxyl groups excluding tert-OH is 1. The molecule has 200 valence electrons. The highest BCUT2D eigenvalue weighted by molar-refractivity contribution is 7.19. The van der Waals surface area contributed by atoms with Crippen LogP contribution < -0.4 is 11.2 Å². The molecule has 10 nitrogen and oxygen atoms in total. The van der Waals surface area contributed by atoms with E-state index < -0.39 is 23.3 Å². The van der Waals surface area contributed by atoms with E-state index in [0.717, 1.165) is 32.3 Å². The first-order chi connectivity index (χ1) is 18.1. The maximum Gasteiger partial charge on any atom is 0.331 e. The molecule has 1 amide bonds. The summed E-state index contributed by atoms with van der Waals surface area (Å²) in [5.41, 5.74) is 2.86.